The van der Waals surface area contributed by atoms with Gasteiger partial charge in [0.15, 0.2) is 5.79 Å². The van der Waals surface area contributed by atoms with Gasteiger partial charge in [-0.15, -0.1) is 0 Å². The van der Waals surface area contributed by atoms with Crippen LogP contribution in [0.3, 0.4) is 0 Å². The molecule has 1 heterocycles. The van der Waals surface area contributed by atoms with Gasteiger partial charge < -0.3 is 14.6 Å². The molecule has 1 saturated heterocycles. The van der Waals surface area contributed by atoms with Crippen molar-refractivity contribution >= 4 is 0 Å². The Morgan fingerprint density at radius 3 is 1.94 bits per heavy atom. The number of rotatable bonds is 4. The predicted molar refractivity (Wildman–Crippen MR) is 70.4 cm³/mol. The van der Waals surface area contributed by atoms with Crippen LogP contribution in [-0.4, -0.2) is 55.2 Å². The zero-order chi connectivity index (χ0) is 13.4. The van der Waals surface area contributed by atoms with Gasteiger partial charge in [-0.2, -0.15) is 0 Å². The maximum Gasteiger partial charge on any atom is 0.193 e. The molecule has 106 valence electrons. The first-order valence-electron chi connectivity index (χ1n) is 6.87. The van der Waals surface area contributed by atoms with Crippen molar-refractivity contribution < 1.29 is 14.6 Å². The lowest BCUT2D eigenvalue weighted by molar-refractivity contribution is -0.281. The van der Waals surface area contributed by atoms with Crippen molar-refractivity contribution in [2.75, 3.05) is 33.9 Å². The molecule has 18 heavy (non-hydrogen) atoms. The highest BCUT2D eigenvalue weighted by atomic mass is 16.7. The van der Waals surface area contributed by atoms with Gasteiger partial charge in [0.2, 0.25) is 0 Å². The lowest BCUT2D eigenvalue weighted by Gasteiger charge is -2.51. The van der Waals surface area contributed by atoms with Crippen LogP contribution >= 0.6 is 0 Å². The minimum atomic E-state index is -0.511. The summed E-state index contributed by atoms with van der Waals surface area (Å²) in [5.41, 5.74) is -0.118. The summed E-state index contributed by atoms with van der Waals surface area (Å²) in [5.74, 6) is -0.440. The number of ether oxygens (including phenoxy) is 2. The molecule has 2 rings (SSSR count). The van der Waals surface area contributed by atoms with Crippen molar-refractivity contribution in [3.63, 3.8) is 0 Å². The number of nitrogens with zero attached hydrogens (tertiary/aromatic N) is 1. The fourth-order valence-electron chi connectivity index (χ4n) is 3.05. The minimum absolute atomic E-state index is 0.393. The molecular weight excluding hydrogens is 230 g/mol. The van der Waals surface area contributed by atoms with Gasteiger partial charge in [-0.3, -0.25) is 4.90 Å². The number of aliphatic hydroxyl groups is 1. The highest BCUT2D eigenvalue weighted by molar-refractivity contribution is 4.97. The van der Waals surface area contributed by atoms with Crippen LogP contribution in [0.5, 0.6) is 0 Å². The summed E-state index contributed by atoms with van der Waals surface area (Å²) < 4.78 is 10.7. The Bertz CT molecular complexity index is 281. The fraction of sp³-hybridized carbons (Fsp3) is 1.00. The third-order valence-corrected chi connectivity index (χ3v) is 4.73. The van der Waals surface area contributed by atoms with E-state index in [1.54, 1.807) is 14.2 Å². The van der Waals surface area contributed by atoms with Crippen LogP contribution in [0.25, 0.3) is 0 Å². The molecule has 2 aliphatic rings. The molecule has 0 bridgehead atoms. The van der Waals surface area contributed by atoms with Gasteiger partial charge in [-0.1, -0.05) is 13.8 Å². The van der Waals surface area contributed by atoms with Crippen LogP contribution in [0.1, 0.15) is 39.5 Å². The van der Waals surface area contributed by atoms with Crippen molar-refractivity contribution in [1.82, 2.24) is 4.90 Å². The average molecular weight is 257 g/mol. The average Bonchev–Trinajstić information content (AvgIpc) is 2.28. The number of likely N-dealkylation sites (tertiary alicyclic amines) is 1. The maximum absolute atomic E-state index is 10.6. The fourth-order valence-corrected chi connectivity index (χ4v) is 3.05. The second-order valence-electron chi connectivity index (χ2n) is 6.85. The number of hydrogen-bond acceptors (Lipinski definition) is 4. The van der Waals surface area contributed by atoms with Crippen LogP contribution in [0.4, 0.5) is 0 Å². The van der Waals surface area contributed by atoms with E-state index in [1.165, 1.54) is 0 Å². The van der Waals surface area contributed by atoms with E-state index in [1.807, 2.05) is 0 Å². The molecule has 1 aliphatic carbocycles. The molecule has 0 aromatic heterocycles. The Labute approximate surface area is 110 Å². The first-order chi connectivity index (χ1) is 8.32. The topological polar surface area (TPSA) is 41.9 Å². The van der Waals surface area contributed by atoms with Crippen molar-refractivity contribution in [2.24, 2.45) is 5.41 Å². The summed E-state index contributed by atoms with van der Waals surface area (Å²) in [6.45, 7) is 6.84. The van der Waals surface area contributed by atoms with Gasteiger partial charge in [0.05, 0.1) is 18.7 Å². The number of methoxy groups -OCH3 is 2. The summed E-state index contributed by atoms with van der Waals surface area (Å²) in [6, 6.07) is 0. The molecule has 2 fully saturated rings. The van der Waals surface area contributed by atoms with E-state index in [2.05, 4.69) is 18.7 Å². The van der Waals surface area contributed by atoms with Crippen LogP contribution in [0.15, 0.2) is 0 Å². The van der Waals surface area contributed by atoms with Crippen LogP contribution in [0.2, 0.25) is 0 Å². The number of β-amino-alcohol motifs (C(OH)–C–C–N with tert-alkyl or cyclic N) is 1. The monoisotopic (exact) mass is 257 g/mol. The lowest BCUT2D eigenvalue weighted by Crippen LogP contribution is -2.66. The zero-order valence-electron chi connectivity index (χ0n) is 12.2. The SMILES string of the molecule is COC1(OC)CN(CC2(O)CCC(C)(C)CC2)C1. The minimum Gasteiger partial charge on any atom is -0.389 e. The molecule has 0 atom stereocenters. The molecule has 0 aromatic carbocycles. The standard InChI is InChI=1S/C14H27NO3/c1-12(2)5-7-13(16,8-6-12)9-15-10-14(11-15,17-3)18-4/h16H,5-11H2,1-4H3. The Morgan fingerprint density at radius 2 is 1.50 bits per heavy atom. The second kappa shape index (κ2) is 4.75. The molecular formula is C14H27NO3. The van der Waals surface area contributed by atoms with Crippen LogP contribution in [-0.2, 0) is 9.47 Å². The summed E-state index contributed by atoms with van der Waals surface area (Å²) in [6.07, 6.45) is 4.03. The van der Waals surface area contributed by atoms with Crippen molar-refractivity contribution in [3.8, 4) is 0 Å². The summed E-state index contributed by atoms with van der Waals surface area (Å²) >= 11 is 0. The lowest BCUT2D eigenvalue weighted by atomic mass is 9.70. The normalized spacial score (nSPS) is 29.8. The second-order valence-corrected chi connectivity index (χ2v) is 6.85. The maximum atomic E-state index is 10.6. The Kier molecular flexibility index (Phi) is 3.76. The van der Waals surface area contributed by atoms with Crippen LogP contribution < -0.4 is 0 Å². The zero-order valence-corrected chi connectivity index (χ0v) is 12.2. The highest BCUT2D eigenvalue weighted by Crippen LogP contribution is 2.41. The molecule has 0 unspecified atom stereocenters. The Balaban J connectivity index is 1.81. The van der Waals surface area contributed by atoms with E-state index in [0.29, 0.717) is 5.41 Å². The van der Waals surface area contributed by atoms with E-state index in [-0.39, 0.29) is 0 Å². The van der Waals surface area contributed by atoms with Gasteiger partial charge in [-0.05, 0) is 31.1 Å². The molecule has 0 spiro atoms. The van der Waals surface area contributed by atoms with Crippen molar-refractivity contribution in [2.45, 2.75) is 50.9 Å². The largest absolute Gasteiger partial charge is 0.389 e. The molecule has 1 N–H and O–H groups in total. The Hall–Kier alpha value is -0.160. The van der Waals surface area contributed by atoms with Gasteiger partial charge in [0.1, 0.15) is 0 Å². The molecule has 0 radical (unpaired) electrons. The molecule has 1 aliphatic heterocycles. The van der Waals surface area contributed by atoms with Gasteiger partial charge >= 0.3 is 0 Å². The molecule has 4 heteroatoms. The first-order valence-corrected chi connectivity index (χ1v) is 6.87. The Morgan fingerprint density at radius 1 is 1.00 bits per heavy atom. The molecule has 1 saturated carbocycles. The van der Waals surface area contributed by atoms with Gasteiger partial charge in [0.25, 0.3) is 0 Å². The molecule has 0 amide bonds. The quantitative estimate of drug-likeness (QED) is 0.777. The van der Waals surface area contributed by atoms with Crippen molar-refractivity contribution in [3.05, 3.63) is 0 Å². The highest BCUT2D eigenvalue weighted by Gasteiger charge is 2.47. The molecule has 0 aromatic rings. The van der Waals surface area contributed by atoms with Crippen LogP contribution in [0, 0.1) is 5.41 Å². The summed E-state index contributed by atoms with van der Waals surface area (Å²) in [5, 5.41) is 10.6. The van der Waals surface area contributed by atoms with E-state index < -0.39 is 11.4 Å². The van der Waals surface area contributed by atoms with E-state index in [0.717, 1.165) is 45.3 Å². The van der Waals surface area contributed by atoms with Crippen molar-refractivity contribution in [1.29, 1.82) is 0 Å². The first kappa shape index (κ1) is 14.3. The third-order valence-electron chi connectivity index (χ3n) is 4.73. The van der Waals surface area contributed by atoms with Gasteiger partial charge in [0, 0.05) is 20.8 Å². The summed E-state index contributed by atoms with van der Waals surface area (Å²) in [7, 11) is 3.36. The molecule has 4 nitrogen and oxygen atoms in total. The van der Waals surface area contributed by atoms with E-state index in [4.69, 9.17) is 9.47 Å². The van der Waals surface area contributed by atoms with E-state index in [9.17, 15) is 5.11 Å². The van der Waals surface area contributed by atoms with Gasteiger partial charge in [-0.25, -0.2) is 0 Å². The smallest absolute Gasteiger partial charge is 0.193 e. The third kappa shape index (κ3) is 2.87. The summed E-state index contributed by atoms with van der Waals surface area (Å²) in [4.78, 5) is 2.23. The predicted octanol–water partition coefficient (Wildman–Crippen LogP) is 1.62. The number of hydrogen-bond donors (Lipinski definition) is 1. The van der Waals surface area contributed by atoms with E-state index >= 15 is 0 Å².